The first-order chi connectivity index (χ1) is 16.4. The fourth-order valence-electron chi connectivity index (χ4n) is 3.68. The normalized spacial score (nSPS) is 16.2. The number of amidine groups is 1. The topological polar surface area (TPSA) is 149 Å². The van der Waals surface area contributed by atoms with Crippen LogP contribution in [0.25, 0.3) is 0 Å². The van der Waals surface area contributed by atoms with Crippen molar-refractivity contribution >= 4 is 29.7 Å². The van der Waals surface area contributed by atoms with E-state index in [1.807, 2.05) is 19.9 Å². The number of aromatic nitrogens is 2. The van der Waals surface area contributed by atoms with Crippen LogP contribution in [0.5, 0.6) is 0 Å². The van der Waals surface area contributed by atoms with Crippen LogP contribution in [0.3, 0.4) is 0 Å². The lowest BCUT2D eigenvalue weighted by molar-refractivity contribution is 0.102. The van der Waals surface area contributed by atoms with Gasteiger partial charge in [-0.15, -0.1) is 0 Å². The number of rotatable bonds is 6. The first-order valence-electron chi connectivity index (χ1n) is 11.2. The maximum Gasteiger partial charge on any atom is 0.275 e. The van der Waals surface area contributed by atoms with E-state index < -0.39 is 0 Å². The Labute approximate surface area is 204 Å². The van der Waals surface area contributed by atoms with Crippen molar-refractivity contribution in [1.82, 2.24) is 23.6 Å². The Bertz CT molecular complexity index is 1010. The van der Waals surface area contributed by atoms with Gasteiger partial charge in [0.2, 0.25) is 0 Å². The van der Waals surface area contributed by atoms with E-state index in [9.17, 15) is 4.79 Å². The zero-order chi connectivity index (χ0) is 24.7. The van der Waals surface area contributed by atoms with Crippen LogP contribution >= 0.6 is 12.1 Å². The number of nitrogens with zero attached hydrogens (tertiary/aromatic N) is 6. The van der Waals surface area contributed by atoms with Crippen LogP contribution in [0.2, 0.25) is 0 Å². The molecular formula is C22H33N9O2S. The summed E-state index contributed by atoms with van der Waals surface area (Å²) in [5.41, 5.74) is 3.12. The quantitative estimate of drug-likeness (QED) is 0.155. The van der Waals surface area contributed by atoms with E-state index in [1.54, 1.807) is 36.5 Å². The lowest BCUT2D eigenvalue weighted by Crippen LogP contribution is -2.44. The number of hydrogen-bond acceptors (Lipinski definition) is 10. The van der Waals surface area contributed by atoms with Gasteiger partial charge in [0, 0.05) is 57.7 Å². The van der Waals surface area contributed by atoms with E-state index in [4.69, 9.17) is 16.8 Å². The minimum Gasteiger partial charge on any atom is -0.400 e. The third-order valence-electron chi connectivity index (χ3n) is 5.45. The van der Waals surface area contributed by atoms with Crippen LogP contribution in [0.15, 0.2) is 35.6 Å². The number of hydrogen-bond donors (Lipinski definition) is 4. The SMILES string of the molecule is CC(C)N(N)/C(=N\N)c1cccc(NC(=O)c2cc3c(cn2)CN(SN2CCCC2)C3)n1.CO. The molecule has 0 radical (unpaired) electrons. The van der Waals surface area contributed by atoms with Crippen LogP contribution < -0.4 is 17.0 Å². The monoisotopic (exact) mass is 487 g/mol. The molecule has 2 aromatic heterocycles. The van der Waals surface area contributed by atoms with Crippen LogP contribution in [0.1, 0.15) is 54.0 Å². The van der Waals surface area contributed by atoms with Crippen molar-refractivity contribution in [2.75, 3.05) is 25.5 Å². The predicted molar refractivity (Wildman–Crippen MR) is 134 cm³/mol. The highest BCUT2D eigenvalue weighted by molar-refractivity contribution is 7.94. The molecule has 0 saturated carbocycles. The maximum absolute atomic E-state index is 12.8. The van der Waals surface area contributed by atoms with Gasteiger partial charge in [-0.25, -0.2) is 19.4 Å². The Kier molecular flexibility index (Phi) is 9.19. The molecule has 4 rings (SSSR count). The number of amides is 1. The Balaban J connectivity index is 0.00000158. The minimum absolute atomic E-state index is 0.0174. The Morgan fingerprint density at radius 3 is 2.56 bits per heavy atom. The van der Waals surface area contributed by atoms with Crippen LogP contribution in [-0.2, 0) is 13.1 Å². The van der Waals surface area contributed by atoms with Crippen molar-refractivity contribution in [1.29, 1.82) is 0 Å². The number of aliphatic hydroxyl groups excluding tert-OH is 1. The van der Waals surface area contributed by atoms with Crippen molar-refractivity contribution in [3.8, 4) is 0 Å². The fraction of sp³-hybridized carbons (Fsp3) is 0.455. The number of hydrazine groups is 1. The highest BCUT2D eigenvalue weighted by Crippen LogP contribution is 2.31. The standard InChI is InChI=1S/C21H29N9OS.CH4O/c1-14(2)30(23)20(27-22)17-6-5-7-19(25-17)26-21(31)18-10-15-12-29(13-16(15)11-24-18)32-28-8-3-4-9-28;1-2/h5-7,10-11,14H,3-4,8-9,12-13,22-23H2,1-2H3,(H,25,26,31);2H,1H3/b27-20-;. The van der Waals surface area contributed by atoms with Gasteiger partial charge < -0.3 is 16.3 Å². The zero-order valence-electron chi connectivity index (χ0n) is 19.8. The molecule has 0 unspecified atom stereocenters. The number of carbonyl (C=O) groups is 1. The van der Waals surface area contributed by atoms with E-state index >= 15 is 0 Å². The second-order valence-corrected chi connectivity index (χ2v) is 9.37. The van der Waals surface area contributed by atoms with Crippen molar-refractivity contribution < 1.29 is 9.90 Å². The van der Waals surface area contributed by atoms with Gasteiger partial charge in [-0.2, -0.15) is 5.10 Å². The molecule has 0 atom stereocenters. The van der Waals surface area contributed by atoms with E-state index in [2.05, 4.69) is 29.0 Å². The maximum atomic E-state index is 12.8. The first-order valence-corrected chi connectivity index (χ1v) is 11.9. The van der Waals surface area contributed by atoms with E-state index in [0.29, 0.717) is 23.0 Å². The smallest absolute Gasteiger partial charge is 0.275 e. The van der Waals surface area contributed by atoms with Crippen molar-refractivity contribution in [2.24, 2.45) is 16.8 Å². The largest absolute Gasteiger partial charge is 0.400 e. The van der Waals surface area contributed by atoms with Gasteiger partial charge in [0.05, 0.1) is 0 Å². The van der Waals surface area contributed by atoms with Crippen LogP contribution in [-0.4, -0.2) is 66.7 Å². The molecule has 0 spiro atoms. The first kappa shape index (κ1) is 25.8. The fourth-order valence-corrected chi connectivity index (χ4v) is 4.83. The number of carbonyl (C=O) groups excluding carboxylic acids is 1. The lowest BCUT2D eigenvalue weighted by Gasteiger charge is -2.23. The van der Waals surface area contributed by atoms with Crippen LogP contribution in [0, 0.1) is 0 Å². The summed E-state index contributed by atoms with van der Waals surface area (Å²) in [4.78, 5) is 21.7. The second-order valence-electron chi connectivity index (χ2n) is 8.17. The van der Waals surface area contributed by atoms with Crippen LogP contribution in [0.4, 0.5) is 5.82 Å². The van der Waals surface area contributed by atoms with E-state index in [-0.39, 0.29) is 11.9 Å². The van der Waals surface area contributed by atoms with E-state index in [0.717, 1.165) is 44.4 Å². The van der Waals surface area contributed by atoms with Gasteiger partial charge in [-0.3, -0.25) is 14.8 Å². The molecule has 4 heterocycles. The summed E-state index contributed by atoms with van der Waals surface area (Å²) >= 11 is 1.79. The third kappa shape index (κ3) is 6.21. The molecule has 2 aromatic rings. The van der Waals surface area contributed by atoms with Gasteiger partial charge in [0.15, 0.2) is 5.84 Å². The minimum atomic E-state index is -0.317. The molecule has 0 bridgehead atoms. The highest BCUT2D eigenvalue weighted by atomic mass is 32.2. The van der Waals surface area contributed by atoms with Gasteiger partial charge in [0.1, 0.15) is 17.2 Å². The molecule has 2 aliphatic heterocycles. The molecule has 0 aromatic carbocycles. The summed E-state index contributed by atoms with van der Waals surface area (Å²) < 4.78 is 4.71. The summed E-state index contributed by atoms with van der Waals surface area (Å²) in [6.45, 7) is 7.73. The molecule has 184 valence electrons. The summed E-state index contributed by atoms with van der Waals surface area (Å²) in [6.07, 6.45) is 4.31. The van der Waals surface area contributed by atoms with E-state index in [1.165, 1.54) is 17.9 Å². The van der Waals surface area contributed by atoms with Gasteiger partial charge in [-0.1, -0.05) is 6.07 Å². The third-order valence-corrected chi connectivity index (χ3v) is 6.53. The molecule has 1 amide bonds. The van der Waals surface area contributed by atoms with Gasteiger partial charge in [-0.05, 0) is 56.0 Å². The summed E-state index contributed by atoms with van der Waals surface area (Å²) in [5.74, 6) is 12.0. The Hall–Kier alpha value is -2.77. The summed E-state index contributed by atoms with van der Waals surface area (Å²) in [7, 11) is 1.00. The molecule has 34 heavy (non-hydrogen) atoms. The molecule has 0 aliphatic carbocycles. The van der Waals surface area contributed by atoms with Crippen molar-refractivity contribution in [2.45, 2.75) is 45.8 Å². The molecule has 1 saturated heterocycles. The zero-order valence-corrected chi connectivity index (χ0v) is 20.6. The molecule has 11 nitrogen and oxygen atoms in total. The number of pyridine rings is 2. The van der Waals surface area contributed by atoms with Gasteiger partial charge >= 0.3 is 0 Å². The average molecular weight is 488 g/mol. The number of aliphatic hydroxyl groups is 1. The number of nitrogens with two attached hydrogens (primary N) is 2. The number of fused-ring (bicyclic) bond motifs is 1. The number of hydrazone groups is 1. The molecule has 6 N–H and O–H groups in total. The lowest BCUT2D eigenvalue weighted by atomic mass is 10.1. The Morgan fingerprint density at radius 1 is 1.18 bits per heavy atom. The average Bonchev–Trinajstić information content (AvgIpc) is 3.50. The molecule has 1 fully saturated rings. The molecule has 2 aliphatic rings. The number of nitrogens with one attached hydrogen (secondary N) is 1. The summed E-state index contributed by atoms with van der Waals surface area (Å²) in [5, 5.41) is 15.0. The van der Waals surface area contributed by atoms with Crippen molar-refractivity contribution in [3.63, 3.8) is 0 Å². The second kappa shape index (κ2) is 12.1. The highest BCUT2D eigenvalue weighted by Gasteiger charge is 2.25. The number of anilines is 1. The molecule has 12 heteroatoms. The Morgan fingerprint density at radius 2 is 1.88 bits per heavy atom. The molecular weight excluding hydrogens is 454 g/mol. The van der Waals surface area contributed by atoms with Crippen molar-refractivity contribution in [3.05, 3.63) is 53.0 Å². The predicted octanol–water partition coefficient (Wildman–Crippen LogP) is 1.52. The van der Waals surface area contributed by atoms with Gasteiger partial charge in [0.25, 0.3) is 5.91 Å². The summed E-state index contributed by atoms with van der Waals surface area (Å²) in [6, 6.07) is 7.06.